The summed E-state index contributed by atoms with van der Waals surface area (Å²) in [6, 6.07) is 0. The molecule has 1 N–H and O–H groups in total. The van der Waals surface area contributed by atoms with Crippen LogP contribution in [0.4, 0.5) is 0 Å². The van der Waals surface area contributed by atoms with Crippen molar-refractivity contribution in [2.75, 3.05) is 40.8 Å². The highest BCUT2D eigenvalue weighted by Crippen LogP contribution is 1.93. The number of nitrogens with zero attached hydrogens (tertiary/aromatic N) is 2. The molecule has 0 aliphatic heterocycles. The maximum absolute atomic E-state index is 11.6. The Hall–Kier alpha value is -0.610. The molecule has 0 aliphatic rings. The second kappa shape index (κ2) is 5.98. The molecule has 0 atom stereocenters. The van der Waals surface area contributed by atoms with Gasteiger partial charge in [-0.3, -0.25) is 9.39 Å². The van der Waals surface area contributed by atoms with Crippen LogP contribution >= 0.6 is 0 Å². The number of carbonyl (C=O) groups excluding carboxylic acids is 1. The fourth-order valence-electron chi connectivity index (χ4n) is 1.23. The van der Waals surface area contributed by atoms with E-state index in [0.29, 0.717) is 11.0 Å². The number of carbonyl (C=O) groups is 1. The third-order valence-corrected chi connectivity index (χ3v) is 2.04. The van der Waals surface area contributed by atoms with Crippen LogP contribution < -0.4 is 5.43 Å². The lowest BCUT2D eigenvalue weighted by Gasteiger charge is -2.25. The maximum atomic E-state index is 11.6. The van der Waals surface area contributed by atoms with E-state index in [1.165, 1.54) is 0 Å². The van der Waals surface area contributed by atoms with Gasteiger partial charge in [0.15, 0.2) is 0 Å². The van der Waals surface area contributed by atoms with Gasteiger partial charge in [0.2, 0.25) is 5.91 Å². The Morgan fingerprint density at radius 1 is 1.21 bits per heavy atom. The van der Waals surface area contributed by atoms with Gasteiger partial charge in [0.1, 0.15) is 0 Å². The number of amides is 1. The van der Waals surface area contributed by atoms with Crippen LogP contribution in [0.5, 0.6) is 0 Å². The van der Waals surface area contributed by atoms with Gasteiger partial charge in [-0.15, -0.1) is 0 Å². The largest absolute Gasteiger partial charge is 0.343 e. The average molecular weight is 202 g/mol. The molecular weight excluding hydrogens is 178 g/mol. The lowest BCUT2D eigenvalue weighted by atomic mass is 10.3. The molecule has 0 saturated carbocycles. The van der Waals surface area contributed by atoms with E-state index in [-0.39, 0.29) is 5.91 Å². The molecule has 0 aliphatic carbocycles. The van der Waals surface area contributed by atoms with Gasteiger partial charge in [0.25, 0.3) is 0 Å². The highest BCUT2D eigenvalue weighted by Gasteiger charge is 2.11. The van der Waals surface area contributed by atoms with Crippen molar-refractivity contribution in [1.82, 2.24) is 10.3 Å². The highest BCUT2D eigenvalue weighted by molar-refractivity contribution is 5.76. The standard InChI is InChI=1S/C10H24N3O/c1-6-12(7-2)10(14)8-9-11-13(3,4)5/h11H,6-9H2,1-5H3/q+1. The minimum Gasteiger partial charge on any atom is -0.343 e. The van der Waals surface area contributed by atoms with Gasteiger partial charge in [0.05, 0.1) is 27.7 Å². The number of nitrogens with one attached hydrogen (secondary N) is 1. The van der Waals surface area contributed by atoms with Crippen LogP contribution in [-0.2, 0) is 4.79 Å². The molecule has 0 aromatic carbocycles. The summed E-state index contributed by atoms with van der Waals surface area (Å²) in [6.45, 7) is 6.36. The lowest BCUT2D eigenvalue weighted by molar-refractivity contribution is -0.915. The van der Waals surface area contributed by atoms with Crippen molar-refractivity contribution in [3.8, 4) is 0 Å². The maximum Gasteiger partial charge on any atom is 0.224 e. The van der Waals surface area contributed by atoms with Gasteiger partial charge in [0, 0.05) is 19.5 Å². The van der Waals surface area contributed by atoms with Crippen molar-refractivity contribution in [2.24, 2.45) is 0 Å². The Kier molecular flexibility index (Phi) is 5.72. The molecule has 14 heavy (non-hydrogen) atoms. The molecule has 0 rings (SSSR count). The van der Waals surface area contributed by atoms with Gasteiger partial charge in [-0.2, -0.15) is 5.43 Å². The summed E-state index contributed by atoms with van der Waals surface area (Å²) in [5.74, 6) is 0.232. The second-order valence-corrected chi connectivity index (χ2v) is 4.24. The molecule has 0 heterocycles. The van der Waals surface area contributed by atoms with Crippen LogP contribution in [0.3, 0.4) is 0 Å². The normalized spacial score (nSPS) is 11.5. The van der Waals surface area contributed by atoms with Gasteiger partial charge in [-0.25, -0.2) is 0 Å². The van der Waals surface area contributed by atoms with Gasteiger partial charge in [-0.05, 0) is 13.8 Å². The average Bonchev–Trinajstić information content (AvgIpc) is 2.04. The topological polar surface area (TPSA) is 32.3 Å². The highest BCUT2D eigenvalue weighted by atomic mass is 16.2. The molecule has 0 saturated heterocycles. The summed E-state index contributed by atoms with van der Waals surface area (Å²) in [6.07, 6.45) is 0.581. The van der Waals surface area contributed by atoms with Crippen LogP contribution in [0.25, 0.3) is 0 Å². The lowest BCUT2D eigenvalue weighted by Crippen LogP contribution is -2.49. The molecule has 84 valence electrons. The van der Waals surface area contributed by atoms with Gasteiger partial charge in [-0.1, -0.05) is 0 Å². The molecule has 0 spiro atoms. The Bertz CT molecular complexity index is 171. The summed E-state index contributed by atoms with van der Waals surface area (Å²) in [5.41, 5.74) is 3.25. The molecule has 0 bridgehead atoms. The molecule has 0 unspecified atom stereocenters. The first-order chi connectivity index (χ1) is 6.40. The molecule has 4 nitrogen and oxygen atoms in total. The van der Waals surface area contributed by atoms with E-state index in [1.54, 1.807) is 0 Å². The minimum atomic E-state index is 0.232. The summed E-state index contributed by atoms with van der Waals surface area (Å²) in [4.78, 5) is 13.4. The smallest absolute Gasteiger partial charge is 0.224 e. The third kappa shape index (κ3) is 5.94. The van der Waals surface area contributed by atoms with Crippen LogP contribution in [0.1, 0.15) is 20.3 Å². The monoisotopic (exact) mass is 202 g/mol. The van der Waals surface area contributed by atoms with Crippen LogP contribution in [0.2, 0.25) is 0 Å². The van der Waals surface area contributed by atoms with Crippen LogP contribution in [0.15, 0.2) is 0 Å². The van der Waals surface area contributed by atoms with Crippen LogP contribution in [0, 0.1) is 0 Å². The van der Waals surface area contributed by atoms with Crippen molar-refractivity contribution in [1.29, 1.82) is 0 Å². The van der Waals surface area contributed by atoms with Crippen LogP contribution in [-0.4, -0.2) is 56.2 Å². The zero-order valence-electron chi connectivity index (χ0n) is 10.1. The van der Waals surface area contributed by atoms with E-state index >= 15 is 0 Å². The predicted molar refractivity (Wildman–Crippen MR) is 58.6 cm³/mol. The molecule has 0 fully saturated rings. The molecule has 0 aromatic rings. The number of quaternary nitrogens is 1. The Balaban J connectivity index is 3.74. The zero-order chi connectivity index (χ0) is 11.2. The Morgan fingerprint density at radius 2 is 1.71 bits per heavy atom. The predicted octanol–water partition coefficient (Wildman–Crippen LogP) is 0.456. The van der Waals surface area contributed by atoms with Gasteiger partial charge >= 0.3 is 0 Å². The SMILES string of the molecule is CCN(CC)C(=O)CCN[N+](C)(C)C. The molecule has 4 heteroatoms. The van der Waals surface area contributed by atoms with Crippen molar-refractivity contribution < 1.29 is 9.39 Å². The van der Waals surface area contributed by atoms with E-state index in [0.717, 1.165) is 19.6 Å². The molecule has 1 amide bonds. The number of hydrogen-bond acceptors (Lipinski definition) is 2. The van der Waals surface area contributed by atoms with Crippen molar-refractivity contribution in [3.63, 3.8) is 0 Å². The van der Waals surface area contributed by atoms with Crippen molar-refractivity contribution >= 4 is 5.91 Å². The third-order valence-electron chi connectivity index (χ3n) is 2.04. The van der Waals surface area contributed by atoms with E-state index in [1.807, 2.05) is 39.9 Å². The molecule has 0 aromatic heterocycles. The first-order valence-electron chi connectivity index (χ1n) is 5.25. The minimum absolute atomic E-state index is 0.232. The van der Waals surface area contributed by atoms with Crippen molar-refractivity contribution in [3.05, 3.63) is 0 Å². The summed E-state index contributed by atoms with van der Waals surface area (Å²) in [5, 5.41) is 0. The summed E-state index contributed by atoms with van der Waals surface area (Å²) < 4.78 is 0.686. The second-order valence-electron chi connectivity index (χ2n) is 4.24. The quantitative estimate of drug-likeness (QED) is 0.501. The first-order valence-corrected chi connectivity index (χ1v) is 5.25. The number of rotatable bonds is 6. The van der Waals surface area contributed by atoms with E-state index < -0.39 is 0 Å². The number of hydrogen-bond donors (Lipinski definition) is 1. The first kappa shape index (κ1) is 13.4. The molecule has 0 radical (unpaired) electrons. The molecular formula is C10H24N3O+. The van der Waals surface area contributed by atoms with E-state index in [9.17, 15) is 4.79 Å². The Morgan fingerprint density at radius 3 is 2.07 bits per heavy atom. The van der Waals surface area contributed by atoms with Crippen molar-refractivity contribution in [2.45, 2.75) is 20.3 Å². The zero-order valence-corrected chi connectivity index (χ0v) is 10.1. The Labute approximate surface area is 87.4 Å². The van der Waals surface area contributed by atoms with Gasteiger partial charge < -0.3 is 4.90 Å². The summed E-state index contributed by atoms with van der Waals surface area (Å²) in [7, 11) is 6.13. The van der Waals surface area contributed by atoms with E-state index in [4.69, 9.17) is 0 Å². The fourth-order valence-corrected chi connectivity index (χ4v) is 1.23. The summed E-state index contributed by atoms with van der Waals surface area (Å²) >= 11 is 0. The van der Waals surface area contributed by atoms with E-state index in [2.05, 4.69) is 5.43 Å². The fraction of sp³-hybridized carbons (Fsp3) is 0.900.